The van der Waals surface area contributed by atoms with Gasteiger partial charge in [-0.25, -0.2) is 0 Å². The Morgan fingerprint density at radius 3 is 2.91 bits per heavy atom. The van der Waals surface area contributed by atoms with E-state index in [0.717, 1.165) is 36.5 Å². The maximum absolute atomic E-state index is 11.3. The van der Waals surface area contributed by atoms with Crippen LogP contribution in [-0.2, 0) is 0 Å². The van der Waals surface area contributed by atoms with Crippen molar-refractivity contribution in [3.63, 3.8) is 0 Å². The van der Waals surface area contributed by atoms with Gasteiger partial charge in [0, 0.05) is 0 Å². The van der Waals surface area contributed by atoms with Gasteiger partial charge in [0.25, 0.3) is 0 Å². The molecule has 0 saturated heterocycles. The van der Waals surface area contributed by atoms with Gasteiger partial charge in [-0.05, 0) is 93.3 Å². The summed E-state index contributed by atoms with van der Waals surface area (Å²) >= 11 is 0. The number of aliphatic hydroxyl groups is 1. The molecule has 122 valence electrons. The molecule has 3 saturated carbocycles. The molecule has 1 unspecified atom stereocenters. The Labute approximate surface area is 135 Å². The number of allylic oxidation sites excluding steroid dienone is 2. The van der Waals surface area contributed by atoms with Crippen LogP contribution in [0.4, 0.5) is 0 Å². The van der Waals surface area contributed by atoms with Gasteiger partial charge in [0.15, 0.2) is 0 Å². The Bertz CT molecular complexity index is 492. The highest BCUT2D eigenvalue weighted by atomic mass is 16.3. The van der Waals surface area contributed by atoms with Crippen molar-refractivity contribution in [1.29, 1.82) is 0 Å². The van der Waals surface area contributed by atoms with Crippen LogP contribution in [0.3, 0.4) is 0 Å². The molecule has 4 rings (SSSR count). The van der Waals surface area contributed by atoms with Gasteiger partial charge in [0.2, 0.25) is 0 Å². The van der Waals surface area contributed by atoms with Crippen LogP contribution >= 0.6 is 0 Å². The van der Waals surface area contributed by atoms with Gasteiger partial charge in [-0.2, -0.15) is 0 Å². The summed E-state index contributed by atoms with van der Waals surface area (Å²) in [5, 5.41) is 11.3. The minimum atomic E-state index is -0.479. The third-order valence-electron chi connectivity index (χ3n) is 8.18. The van der Waals surface area contributed by atoms with Crippen molar-refractivity contribution >= 4 is 0 Å². The Morgan fingerprint density at radius 2 is 2.09 bits per heavy atom. The number of fused-ring (bicyclic) bond motifs is 5. The lowest BCUT2D eigenvalue weighted by molar-refractivity contribution is -0.115. The molecule has 22 heavy (non-hydrogen) atoms. The first-order valence-corrected chi connectivity index (χ1v) is 9.61. The fourth-order valence-electron chi connectivity index (χ4n) is 6.99. The standard InChI is InChI=1S/C21H32O/c1-3-12-21(22)14-11-19-18-9-8-15-6-4-5-7-16(15)17(18)10-13-20(19,21)2/h3,6,16-19,22H,1,4-5,7-14H2,2H3/t16-,17+,18+,19-,20-,21?/m0/s1. The number of hydrogen-bond acceptors (Lipinski definition) is 1. The third kappa shape index (κ3) is 1.94. The summed E-state index contributed by atoms with van der Waals surface area (Å²) < 4.78 is 0. The minimum Gasteiger partial charge on any atom is -0.389 e. The molecular weight excluding hydrogens is 268 g/mol. The molecule has 1 nitrogen and oxygen atoms in total. The van der Waals surface area contributed by atoms with E-state index in [0.29, 0.717) is 0 Å². The SMILES string of the molecule is C=CCC1(O)CC[C@H]2[C@@H]3CCC4=CCCC[C@@H]4[C@H]3CC[C@@]21C. The molecule has 6 atom stereocenters. The van der Waals surface area contributed by atoms with E-state index >= 15 is 0 Å². The lowest BCUT2D eigenvalue weighted by Gasteiger charge is -2.55. The van der Waals surface area contributed by atoms with Crippen LogP contribution in [0.2, 0.25) is 0 Å². The molecule has 0 aromatic carbocycles. The Hall–Kier alpha value is -0.560. The van der Waals surface area contributed by atoms with Crippen molar-refractivity contribution in [2.24, 2.45) is 29.1 Å². The molecule has 0 bridgehead atoms. The van der Waals surface area contributed by atoms with Gasteiger partial charge in [0.1, 0.15) is 0 Å². The molecule has 4 aliphatic rings. The van der Waals surface area contributed by atoms with Gasteiger partial charge in [-0.3, -0.25) is 0 Å². The first-order chi connectivity index (χ1) is 10.6. The van der Waals surface area contributed by atoms with Crippen LogP contribution in [-0.4, -0.2) is 10.7 Å². The van der Waals surface area contributed by atoms with Crippen LogP contribution < -0.4 is 0 Å². The molecule has 0 spiro atoms. The largest absolute Gasteiger partial charge is 0.389 e. The normalized spacial score (nSPS) is 50.5. The van der Waals surface area contributed by atoms with Crippen molar-refractivity contribution in [2.45, 2.75) is 76.7 Å². The maximum atomic E-state index is 11.3. The highest BCUT2D eigenvalue weighted by Gasteiger charge is 2.61. The quantitative estimate of drug-likeness (QED) is 0.690. The second-order valence-electron chi connectivity index (χ2n) is 8.81. The molecule has 0 aromatic heterocycles. The van der Waals surface area contributed by atoms with Gasteiger partial charge >= 0.3 is 0 Å². The summed E-state index contributed by atoms with van der Waals surface area (Å²) in [7, 11) is 0. The Kier molecular flexibility index (Phi) is 3.56. The van der Waals surface area contributed by atoms with Crippen LogP contribution in [0.25, 0.3) is 0 Å². The first kappa shape index (κ1) is 15.0. The van der Waals surface area contributed by atoms with Crippen molar-refractivity contribution in [1.82, 2.24) is 0 Å². The monoisotopic (exact) mass is 300 g/mol. The highest BCUT2D eigenvalue weighted by molar-refractivity contribution is 5.20. The predicted molar refractivity (Wildman–Crippen MR) is 91.5 cm³/mol. The average Bonchev–Trinajstić information content (AvgIpc) is 2.79. The molecule has 1 N–H and O–H groups in total. The molecule has 0 amide bonds. The molecule has 0 aromatic rings. The van der Waals surface area contributed by atoms with Crippen LogP contribution in [0.5, 0.6) is 0 Å². The van der Waals surface area contributed by atoms with E-state index in [9.17, 15) is 5.11 Å². The fourth-order valence-corrected chi connectivity index (χ4v) is 6.99. The van der Waals surface area contributed by atoms with Crippen molar-refractivity contribution in [3.05, 3.63) is 24.3 Å². The Balaban J connectivity index is 1.62. The summed E-state index contributed by atoms with van der Waals surface area (Å²) in [6, 6.07) is 0. The third-order valence-corrected chi connectivity index (χ3v) is 8.18. The van der Waals surface area contributed by atoms with E-state index in [1.165, 1.54) is 51.4 Å². The zero-order chi connectivity index (χ0) is 15.4. The number of hydrogen-bond donors (Lipinski definition) is 1. The number of rotatable bonds is 2. The topological polar surface area (TPSA) is 20.2 Å². The van der Waals surface area contributed by atoms with E-state index < -0.39 is 5.60 Å². The lowest BCUT2D eigenvalue weighted by atomic mass is 9.50. The highest BCUT2D eigenvalue weighted by Crippen LogP contribution is 2.65. The second-order valence-corrected chi connectivity index (χ2v) is 8.81. The molecule has 0 aliphatic heterocycles. The average molecular weight is 300 g/mol. The first-order valence-electron chi connectivity index (χ1n) is 9.61. The summed E-state index contributed by atoms with van der Waals surface area (Å²) in [6.45, 7) is 6.31. The Morgan fingerprint density at radius 1 is 1.23 bits per heavy atom. The van der Waals surface area contributed by atoms with Crippen LogP contribution in [0.1, 0.15) is 71.1 Å². The van der Waals surface area contributed by atoms with Crippen LogP contribution in [0, 0.1) is 29.1 Å². The van der Waals surface area contributed by atoms with E-state index in [2.05, 4.69) is 19.6 Å². The maximum Gasteiger partial charge on any atom is 0.0738 e. The smallest absolute Gasteiger partial charge is 0.0738 e. The van der Waals surface area contributed by atoms with Crippen molar-refractivity contribution in [2.75, 3.05) is 0 Å². The summed E-state index contributed by atoms with van der Waals surface area (Å²) in [5.74, 6) is 3.44. The van der Waals surface area contributed by atoms with Gasteiger partial charge in [0.05, 0.1) is 5.60 Å². The second kappa shape index (κ2) is 5.23. The molecule has 0 radical (unpaired) electrons. The summed E-state index contributed by atoms with van der Waals surface area (Å²) in [5.41, 5.74) is 1.46. The van der Waals surface area contributed by atoms with Gasteiger partial charge < -0.3 is 5.11 Å². The van der Waals surface area contributed by atoms with E-state index in [1.54, 1.807) is 5.57 Å². The molecule has 0 heterocycles. The van der Waals surface area contributed by atoms with Gasteiger partial charge in [-0.1, -0.05) is 24.6 Å². The predicted octanol–water partition coefficient (Wildman–Crippen LogP) is 5.26. The molecule has 1 heteroatoms. The fraction of sp³-hybridized carbons (Fsp3) is 0.810. The zero-order valence-corrected chi connectivity index (χ0v) is 14.2. The zero-order valence-electron chi connectivity index (χ0n) is 14.2. The van der Waals surface area contributed by atoms with E-state index in [-0.39, 0.29) is 5.41 Å². The van der Waals surface area contributed by atoms with Crippen molar-refractivity contribution < 1.29 is 5.11 Å². The summed E-state index contributed by atoms with van der Waals surface area (Å²) in [4.78, 5) is 0. The van der Waals surface area contributed by atoms with Crippen LogP contribution in [0.15, 0.2) is 24.3 Å². The molecule has 3 fully saturated rings. The van der Waals surface area contributed by atoms with E-state index in [4.69, 9.17) is 0 Å². The molecular formula is C21H32O. The molecule has 4 aliphatic carbocycles. The summed E-state index contributed by atoms with van der Waals surface area (Å²) in [6.07, 6.45) is 17.0. The minimum absolute atomic E-state index is 0.137. The van der Waals surface area contributed by atoms with Gasteiger partial charge in [-0.15, -0.1) is 6.58 Å². The van der Waals surface area contributed by atoms with Crippen molar-refractivity contribution in [3.8, 4) is 0 Å². The van der Waals surface area contributed by atoms with E-state index in [1.807, 2.05) is 6.08 Å². The lowest BCUT2D eigenvalue weighted by Crippen LogP contribution is -2.52.